The van der Waals surface area contributed by atoms with Crippen molar-refractivity contribution in [2.24, 2.45) is 0 Å². The molecule has 31 heavy (non-hydrogen) atoms. The molecule has 0 aliphatic carbocycles. The molecule has 1 aliphatic rings. The summed E-state index contributed by atoms with van der Waals surface area (Å²) >= 11 is 0. The molecule has 3 aromatic rings. The number of aromatic nitrogens is 3. The van der Waals surface area contributed by atoms with E-state index in [0.29, 0.717) is 16.9 Å². The summed E-state index contributed by atoms with van der Waals surface area (Å²) in [5.41, 5.74) is 2.73. The minimum absolute atomic E-state index is 0.00884. The van der Waals surface area contributed by atoms with E-state index >= 15 is 0 Å². The zero-order valence-corrected chi connectivity index (χ0v) is 17.5. The maximum Gasteiger partial charge on any atom is 0.259 e. The highest BCUT2D eigenvalue weighted by molar-refractivity contribution is 5.69. The third-order valence-corrected chi connectivity index (χ3v) is 5.47. The van der Waals surface area contributed by atoms with Gasteiger partial charge in [-0.25, -0.2) is 9.97 Å². The molecule has 1 N–H and O–H groups in total. The fourth-order valence-corrected chi connectivity index (χ4v) is 3.83. The predicted molar refractivity (Wildman–Crippen MR) is 119 cm³/mol. The standard InChI is InChI=1S/C24H25N5O2/c1-2-3-18-15-27-24(28-16-18)29-12-9-20(10-13-29)31-21-8-11-26-23(30)22(21)19-6-4-17(14-25)5-7-19/h4-8,11,15-16,20H,2-3,9-10,12-13H2,1H3,(H,26,30). The molecule has 0 saturated carbocycles. The monoisotopic (exact) mass is 415 g/mol. The first kappa shape index (κ1) is 20.6. The number of aryl methyl sites for hydroxylation is 1. The van der Waals surface area contributed by atoms with Crippen molar-refractivity contribution < 1.29 is 4.74 Å². The number of anilines is 1. The van der Waals surface area contributed by atoms with Crippen molar-refractivity contribution in [3.05, 3.63) is 70.4 Å². The first-order chi connectivity index (χ1) is 15.2. The molecule has 7 heteroatoms. The number of aromatic amines is 1. The van der Waals surface area contributed by atoms with Gasteiger partial charge in [-0.1, -0.05) is 25.5 Å². The number of ether oxygens (including phenoxy) is 1. The summed E-state index contributed by atoms with van der Waals surface area (Å²) in [6.07, 6.45) is 9.15. The van der Waals surface area contributed by atoms with E-state index in [4.69, 9.17) is 10.00 Å². The van der Waals surface area contributed by atoms with Gasteiger partial charge in [0.1, 0.15) is 11.9 Å². The van der Waals surface area contributed by atoms with Crippen LogP contribution in [0.25, 0.3) is 11.1 Å². The third-order valence-electron chi connectivity index (χ3n) is 5.47. The fourth-order valence-electron chi connectivity index (χ4n) is 3.83. The normalized spacial score (nSPS) is 14.3. The average molecular weight is 415 g/mol. The highest BCUT2D eigenvalue weighted by atomic mass is 16.5. The molecule has 0 spiro atoms. The quantitative estimate of drug-likeness (QED) is 0.660. The van der Waals surface area contributed by atoms with E-state index in [2.05, 4.69) is 32.8 Å². The van der Waals surface area contributed by atoms with Crippen molar-refractivity contribution in [1.29, 1.82) is 5.26 Å². The van der Waals surface area contributed by atoms with E-state index in [9.17, 15) is 4.79 Å². The van der Waals surface area contributed by atoms with Gasteiger partial charge in [0.2, 0.25) is 5.95 Å². The number of rotatable bonds is 6. The summed E-state index contributed by atoms with van der Waals surface area (Å²) in [7, 11) is 0. The predicted octanol–water partition coefficient (Wildman–Crippen LogP) is 3.70. The lowest BCUT2D eigenvalue weighted by molar-refractivity contribution is 0.171. The molecule has 7 nitrogen and oxygen atoms in total. The molecule has 0 atom stereocenters. The zero-order chi connectivity index (χ0) is 21.6. The molecule has 0 radical (unpaired) electrons. The molecule has 4 rings (SSSR count). The highest BCUT2D eigenvalue weighted by Gasteiger charge is 2.24. The number of nitrogens with one attached hydrogen (secondary N) is 1. The van der Waals surface area contributed by atoms with Gasteiger partial charge >= 0.3 is 0 Å². The summed E-state index contributed by atoms with van der Waals surface area (Å²) in [6.45, 7) is 3.74. The summed E-state index contributed by atoms with van der Waals surface area (Å²) in [4.78, 5) is 26.4. The van der Waals surface area contributed by atoms with Gasteiger partial charge in [0.15, 0.2) is 0 Å². The van der Waals surface area contributed by atoms with Crippen LogP contribution in [0.3, 0.4) is 0 Å². The average Bonchev–Trinajstić information content (AvgIpc) is 2.81. The van der Waals surface area contributed by atoms with Crippen molar-refractivity contribution >= 4 is 5.95 Å². The Kier molecular flexibility index (Phi) is 6.27. The minimum atomic E-state index is -0.208. The molecule has 1 aliphatic heterocycles. The van der Waals surface area contributed by atoms with Crippen molar-refractivity contribution in [1.82, 2.24) is 15.0 Å². The Labute approximate surface area is 181 Å². The minimum Gasteiger partial charge on any atom is -0.489 e. The van der Waals surface area contributed by atoms with Crippen LogP contribution in [-0.4, -0.2) is 34.1 Å². The number of hydrogen-bond donors (Lipinski definition) is 1. The topological polar surface area (TPSA) is 94.9 Å². The van der Waals surface area contributed by atoms with Gasteiger partial charge in [-0.3, -0.25) is 4.79 Å². The smallest absolute Gasteiger partial charge is 0.259 e. The van der Waals surface area contributed by atoms with E-state index in [-0.39, 0.29) is 11.7 Å². The van der Waals surface area contributed by atoms with Crippen LogP contribution >= 0.6 is 0 Å². The number of H-pyrrole nitrogens is 1. The summed E-state index contributed by atoms with van der Waals surface area (Å²) in [5, 5.41) is 9.01. The van der Waals surface area contributed by atoms with Crippen LogP contribution in [0.5, 0.6) is 5.75 Å². The number of nitrogens with zero attached hydrogens (tertiary/aromatic N) is 4. The van der Waals surface area contributed by atoms with Crippen molar-refractivity contribution in [3.63, 3.8) is 0 Å². The van der Waals surface area contributed by atoms with Crippen LogP contribution in [0.1, 0.15) is 37.3 Å². The van der Waals surface area contributed by atoms with Gasteiger partial charge in [-0.15, -0.1) is 0 Å². The van der Waals surface area contributed by atoms with Crippen LogP contribution in [0.2, 0.25) is 0 Å². The van der Waals surface area contributed by atoms with E-state index in [1.807, 2.05) is 12.4 Å². The molecule has 158 valence electrons. The van der Waals surface area contributed by atoms with Crippen LogP contribution in [0, 0.1) is 11.3 Å². The Morgan fingerprint density at radius 2 is 1.87 bits per heavy atom. The Morgan fingerprint density at radius 3 is 2.52 bits per heavy atom. The first-order valence-corrected chi connectivity index (χ1v) is 10.6. The van der Waals surface area contributed by atoms with Gasteiger partial charge in [0.25, 0.3) is 5.56 Å². The molecule has 0 amide bonds. The number of hydrogen-bond acceptors (Lipinski definition) is 6. The third kappa shape index (κ3) is 4.75. The molecule has 1 saturated heterocycles. The molecular formula is C24H25N5O2. The molecule has 3 heterocycles. The maximum atomic E-state index is 12.5. The second-order valence-corrected chi connectivity index (χ2v) is 7.68. The van der Waals surface area contributed by atoms with Gasteiger partial charge < -0.3 is 14.6 Å². The number of benzene rings is 1. The molecule has 1 aromatic carbocycles. The van der Waals surface area contributed by atoms with Crippen LogP contribution in [0.15, 0.2) is 53.7 Å². The van der Waals surface area contributed by atoms with Crippen LogP contribution < -0.4 is 15.2 Å². The van der Waals surface area contributed by atoms with Crippen LogP contribution in [0.4, 0.5) is 5.95 Å². The Bertz CT molecular complexity index is 1110. The molecule has 0 bridgehead atoms. The first-order valence-electron chi connectivity index (χ1n) is 10.6. The number of pyridine rings is 1. The molecular weight excluding hydrogens is 390 g/mol. The largest absolute Gasteiger partial charge is 0.489 e. The zero-order valence-electron chi connectivity index (χ0n) is 17.5. The second kappa shape index (κ2) is 9.43. The lowest BCUT2D eigenvalue weighted by Crippen LogP contribution is -2.39. The Morgan fingerprint density at radius 1 is 1.16 bits per heavy atom. The second-order valence-electron chi connectivity index (χ2n) is 7.68. The van der Waals surface area contributed by atoms with Crippen molar-refractivity contribution in [2.75, 3.05) is 18.0 Å². The van der Waals surface area contributed by atoms with E-state index in [1.54, 1.807) is 36.5 Å². The number of piperidine rings is 1. The van der Waals surface area contributed by atoms with Gasteiger partial charge in [-0.05, 0) is 35.7 Å². The van der Waals surface area contributed by atoms with E-state index < -0.39 is 0 Å². The van der Waals surface area contributed by atoms with Crippen molar-refractivity contribution in [3.8, 4) is 22.9 Å². The Balaban J connectivity index is 1.44. The summed E-state index contributed by atoms with van der Waals surface area (Å²) in [5.74, 6) is 1.32. The van der Waals surface area contributed by atoms with Crippen LogP contribution in [-0.2, 0) is 6.42 Å². The molecule has 0 unspecified atom stereocenters. The molecule has 2 aromatic heterocycles. The van der Waals surface area contributed by atoms with E-state index in [0.717, 1.165) is 55.8 Å². The van der Waals surface area contributed by atoms with Gasteiger partial charge in [-0.2, -0.15) is 5.26 Å². The lowest BCUT2D eigenvalue weighted by atomic mass is 10.0. The van der Waals surface area contributed by atoms with Crippen molar-refractivity contribution in [2.45, 2.75) is 38.7 Å². The van der Waals surface area contributed by atoms with Gasteiger partial charge in [0.05, 0.1) is 17.2 Å². The highest BCUT2D eigenvalue weighted by Crippen LogP contribution is 2.29. The fraction of sp³-hybridized carbons (Fsp3) is 0.333. The van der Waals surface area contributed by atoms with E-state index in [1.165, 1.54) is 0 Å². The lowest BCUT2D eigenvalue weighted by Gasteiger charge is -2.32. The SMILES string of the molecule is CCCc1cnc(N2CCC(Oc3cc[nH]c(=O)c3-c3ccc(C#N)cc3)CC2)nc1. The summed E-state index contributed by atoms with van der Waals surface area (Å²) < 4.78 is 6.26. The number of nitriles is 1. The maximum absolute atomic E-state index is 12.5. The summed E-state index contributed by atoms with van der Waals surface area (Å²) in [6, 6.07) is 10.8. The van der Waals surface area contributed by atoms with Gasteiger partial charge in [0, 0.05) is 44.5 Å². The Hall–Kier alpha value is -3.66. The molecule has 1 fully saturated rings.